The molecule has 0 amide bonds. The summed E-state index contributed by atoms with van der Waals surface area (Å²) in [7, 11) is -0.856. The van der Waals surface area contributed by atoms with Crippen LogP contribution < -0.4 is 0 Å². The van der Waals surface area contributed by atoms with Gasteiger partial charge >= 0.3 is 0 Å². The number of rotatable bonds is 4. The van der Waals surface area contributed by atoms with Gasteiger partial charge in [-0.15, -0.1) is 0 Å². The molecule has 0 aliphatic carbocycles. The van der Waals surface area contributed by atoms with Crippen molar-refractivity contribution in [3.05, 3.63) is 0 Å². The highest BCUT2D eigenvalue weighted by molar-refractivity contribution is 6.58. The first kappa shape index (κ1) is 10.2. The Morgan fingerprint density at radius 3 is 2.20 bits per heavy atom. The van der Waals surface area contributed by atoms with Crippen molar-refractivity contribution in [1.82, 2.24) is 0 Å². The summed E-state index contributed by atoms with van der Waals surface area (Å²) in [5, 5.41) is 9.48. The lowest BCUT2D eigenvalue weighted by Gasteiger charge is -2.26. The number of hydrogen-bond acceptors (Lipinski definition) is 1. The van der Waals surface area contributed by atoms with E-state index in [0.717, 1.165) is 12.8 Å². The third-order valence-corrected chi connectivity index (χ3v) is 5.06. The first-order valence-electron chi connectivity index (χ1n) is 4.23. The van der Waals surface area contributed by atoms with Crippen molar-refractivity contribution in [3.63, 3.8) is 0 Å². The molecule has 0 spiro atoms. The van der Waals surface area contributed by atoms with E-state index in [1.807, 2.05) is 6.92 Å². The highest BCUT2D eigenvalue weighted by atomic mass is 28.3. The van der Waals surface area contributed by atoms with Crippen LogP contribution in [0.3, 0.4) is 0 Å². The summed E-state index contributed by atoms with van der Waals surface area (Å²) >= 11 is 0. The standard InChI is InChI=1S/C8H20OSi/c1-5-6-7-8(2,9)10(3)4/h9-10H,5-7H2,1-4H3. The van der Waals surface area contributed by atoms with Gasteiger partial charge in [-0.1, -0.05) is 32.9 Å². The molecule has 62 valence electrons. The van der Waals surface area contributed by atoms with Gasteiger partial charge in [-0.2, -0.15) is 0 Å². The lowest BCUT2D eigenvalue weighted by atomic mass is 10.2. The van der Waals surface area contributed by atoms with Crippen LogP contribution in [0, 0.1) is 0 Å². The minimum atomic E-state index is -0.856. The molecule has 0 aromatic rings. The van der Waals surface area contributed by atoms with Crippen molar-refractivity contribution in [2.75, 3.05) is 0 Å². The molecule has 0 aromatic heterocycles. The van der Waals surface area contributed by atoms with Crippen LogP contribution in [-0.2, 0) is 0 Å². The largest absolute Gasteiger partial charge is 0.394 e. The van der Waals surface area contributed by atoms with E-state index < -0.39 is 8.80 Å². The van der Waals surface area contributed by atoms with Crippen molar-refractivity contribution >= 4 is 8.80 Å². The first-order valence-corrected chi connectivity index (χ1v) is 7.11. The molecule has 1 nitrogen and oxygen atoms in total. The number of hydrogen-bond donors (Lipinski definition) is 1. The Morgan fingerprint density at radius 1 is 1.40 bits per heavy atom. The van der Waals surface area contributed by atoms with Crippen LogP contribution in [0.15, 0.2) is 0 Å². The second kappa shape index (κ2) is 4.14. The van der Waals surface area contributed by atoms with Crippen molar-refractivity contribution in [3.8, 4) is 0 Å². The van der Waals surface area contributed by atoms with Crippen molar-refractivity contribution < 1.29 is 5.11 Å². The van der Waals surface area contributed by atoms with Crippen LogP contribution in [0.4, 0.5) is 0 Å². The molecule has 0 saturated carbocycles. The maximum Gasteiger partial charge on any atom is 0.0687 e. The maximum atomic E-state index is 9.78. The molecule has 0 heterocycles. The zero-order chi connectivity index (χ0) is 8.20. The highest BCUT2D eigenvalue weighted by Crippen LogP contribution is 2.16. The van der Waals surface area contributed by atoms with E-state index in [1.165, 1.54) is 6.42 Å². The Balaban J connectivity index is 3.63. The smallest absolute Gasteiger partial charge is 0.0687 e. The molecule has 0 radical (unpaired) electrons. The van der Waals surface area contributed by atoms with Gasteiger partial charge in [0.1, 0.15) is 0 Å². The van der Waals surface area contributed by atoms with E-state index in [4.69, 9.17) is 0 Å². The first-order chi connectivity index (χ1) is 4.50. The van der Waals surface area contributed by atoms with Crippen molar-refractivity contribution in [1.29, 1.82) is 0 Å². The lowest BCUT2D eigenvalue weighted by Crippen LogP contribution is -2.38. The molecule has 1 atom stereocenters. The molecule has 1 unspecified atom stereocenters. The summed E-state index contributed by atoms with van der Waals surface area (Å²) in [6.45, 7) is 8.56. The molecule has 0 aromatic carbocycles. The summed E-state index contributed by atoms with van der Waals surface area (Å²) in [4.78, 5) is 0. The zero-order valence-electron chi connectivity index (χ0n) is 7.65. The maximum absolute atomic E-state index is 9.78. The van der Waals surface area contributed by atoms with E-state index in [1.54, 1.807) is 0 Å². The third kappa shape index (κ3) is 3.37. The van der Waals surface area contributed by atoms with E-state index in [2.05, 4.69) is 20.0 Å². The van der Waals surface area contributed by atoms with E-state index >= 15 is 0 Å². The topological polar surface area (TPSA) is 20.2 Å². The average Bonchev–Trinajstić information content (AvgIpc) is 1.84. The fourth-order valence-corrected chi connectivity index (χ4v) is 1.60. The Bertz CT molecular complexity index is 89.3. The molecule has 0 aliphatic heterocycles. The predicted molar refractivity (Wildman–Crippen MR) is 49.0 cm³/mol. The van der Waals surface area contributed by atoms with E-state index in [-0.39, 0.29) is 5.22 Å². The van der Waals surface area contributed by atoms with Gasteiger partial charge in [-0.25, -0.2) is 0 Å². The fraction of sp³-hybridized carbons (Fsp3) is 1.00. The molecule has 0 bridgehead atoms. The van der Waals surface area contributed by atoms with Gasteiger partial charge in [0.15, 0.2) is 0 Å². The van der Waals surface area contributed by atoms with Crippen molar-refractivity contribution in [2.24, 2.45) is 0 Å². The fourth-order valence-electron chi connectivity index (χ4n) is 0.823. The molecule has 0 saturated heterocycles. The summed E-state index contributed by atoms with van der Waals surface area (Å²) in [5.41, 5.74) is 0. The van der Waals surface area contributed by atoms with Gasteiger partial charge in [0.05, 0.1) is 8.80 Å². The van der Waals surface area contributed by atoms with Gasteiger partial charge in [-0.05, 0) is 13.3 Å². The van der Waals surface area contributed by atoms with Gasteiger partial charge in [-0.3, -0.25) is 0 Å². The Kier molecular flexibility index (Phi) is 4.21. The van der Waals surface area contributed by atoms with Crippen LogP contribution in [0.1, 0.15) is 33.1 Å². The molecule has 1 N–H and O–H groups in total. The minimum absolute atomic E-state index is 0.310. The van der Waals surface area contributed by atoms with Gasteiger partial charge < -0.3 is 5.11 Å². The normalized spacial score (nSPS) is 17.4. The monoisotopic (exact) mass is 160 g/mol. The summed E-state index contributed by atoms with van der Waals surface area (Å²) in [5.74, 6) is 0. The number of aliphatic hydroxyl groups is 1. The highest BCUT2D eigenvalue weighted by Gasteiger charge is 2.24. The molecule has 0 fully saturated rings. The Labute approximate surface area is 66.1 Å². The van der Waals surface area contributed by atoms with E-state index in [9.17, 15) is 5.11 Å². The molecule has 10 heavy (non-hydrogen) atoms. The molecule has 0 rings (SSSR count). The second-order valence-electron chi connectivity index (χ2n) is 3.62. The molecular formula is C8H20OSi. The Hall–Kier alpha value is 0.177. The van der Waals surface area contributed by atoms with Crippen LogP contribution in [0.5, 0.6) is 0 Å². The Morgan fingerprint density at radius 2 is 1.90 bits per heavy atom. The molecule has 0 aliphatic rings. The van der Waals surface area contributed by atoms with Gasteiger partial charge in [0, 0.05) is 5.22 Å². The second-order valence-corrected chi connectivity index (χ2v) is 7.17. The summed E-state index contributed by atoms with van der Waals surface area (Å²) in [6, 6.07) is 0. The van der Waals surface area contributed by atoms with Crippen LogP contribution in [0.25, 0.3) is 0 Å². The third-order valence-electron chi connectivity index (χ3n) is 2.28. The summed E-state index contributed by atoms with van der Waals surface area (Å²) < 4.78 is 0. The predicted octanol–water partition coefficient (Wildman–Crippen LogP) is 1.95. The average molecular weight is 160 g/mol. The van der Waals surface area contributed by atoms with Gasteiger partial charge in [0.2, 0.25) is 0 Å². The van der Waals surface area contributed by atoms with Crippen molar-refractivity contribution in [2.45, 2.75) is 51.4 Å². The van der Waals surface area contributed by atoms with E-state index in [0.29, 0.717) is 0 Å². The van der Waals surface area contributed by atoms with Crippen LogP contribution in [-0.4, -0.2) is 19.1 Å². The molecule has 2 heteroatoms. The number of unbranched alkanes of at least 4 members (excludes halogenated alkanes) is 1. The lowest BCUT2D eigenvalue weighted by molar-refractivity contribution is 0.127. The quantitative estimate of drug-likeness (QED) is 0.623. The minimum Gasteiger partial charge on any atom is -0.394 e. The zero-order valence-corrected chi connectivity index (χ0v) is 8.80. The summed E-state index contributed by atoms with van der Waals surface area (Å²) in [6.07, 6.45) is 3.35. The van der Waals surface area contributed by atoms with Crippen LogP contribution in [0.2, 0.25) is 13.1 Å². The van der Waals surface area contributed by atoms with Crippen LogP contribution >= 0.6 is 0 Å². The SMILES string of the molecule is CCCCC(C)(O)[SiH](C)C. The van der Waals surface area contributed by atoms with Gasteiger partial charge in [0.25, 0.3) is 0 Å². The molecular weight excluding hydrogens is 140 g/mol.